The highest BCUT2D eigenvalue weighted by atomic mass is 16.6. The molecule has 186 valence electrons. The summed E-state index contributed by atoms with van der Waals surface area (Å²) in [5, 5.41) is 22.8. The zero-order valence-corrected chi connectivity index (χ0v) is 20.1. The minimum atomic E-state index is -1.26. The molecule has 0 bridgehead atoms. The van der Waals surface area contributed by atoms with Crippen LogP contribution in [0.5, 0.6) is 0 Å². The second-order valence-corrected chi connectivity index (χ2v) is 9.71. The lowest BCUT2D eigenvalue weighted by molar-refractivity contribution is -0.126. The molecule has 3 fully saturated rings. The van der Waals surface area contributed by atoms with Gasteiger partial charge in [0.2, 0.25) is 5.91 Å². The van der Waals surface area contributed by atoms with Crippen molar-refractivity contribution in [2.75, 3.05) is 19.8 Å². The lowest BCUT2D eigenvalue weighted by Crippen LogP contribution is -2.56. The van der Waals surface area contributed by atoms with Crippen LogP contribution in [0.2, 0.25) is 0 Å². The third kappa shape index (κ3) is 6.86. The zero-order chi connectivity index (χ0) is 24.2. The van der Waals surface area contributed by atoms with E-state index in [0.717, 1.165) is 25.7 Å². The molecule has 33 heavy (non-hydrogen) atoms. The number of nitrogens with zero attached hydrogens (tertiary/aromatic N) is 1. The quantitative estimate of drug-likeness (QED) is 0.242. The SMILES string of the molecule is CC(C)=CCC[C@@]1(C)O[C@@H]1CC/C(C)=C/COC[C@H]1O[C@@H](N2CCC(=O)NC2=O)[C@H](O)[C@@H]1O. The van der Waals surface area contributed by atoms with Crippen LogP contribution in [0.3, 0.4) is 0 Å². The molecule has 0 aliphatic carbocycles. The Balaban J connectivity index is 1.35. The highest BCUT2D eigenvalue weighted by Gasteiger charge is 2.50. The van der Waals surface area contributed by atoms with E-state index < -0.39 is 30.6 Å². The van der Waals surface area contributed by atoms with Gasteiger partial charge in [-0.25, -0.2) is 4.79 Å². The Morgan fingerprint density at radius 2 is 2.00 bits per heavy atom. The molecule has 9 heteroatoms. The van der Waals surface area contributed by atoms with Crippen molar-refractivity contribution in [1.29, 1.82) is 0 Å². The number of hydrogen-bond donors (Lipinski definition) is 3. The first-order valence-corrected chi connectivity index (χ1v) is 11.8. The van der Waals surface area contributed by atoms with Crippen LogP contribution in [0.15, 0.2) is 23.3 Å². The number of aliphatic hydroxyl groups excluding tert-OH is 2. The monoisotopic (exact) mass is 466 g/mol. The number of ether oxygens (including phenoxy) is 3. The van der Waals surface area contributed by atoms with Gasteiger partial charge in [-0.05, 0) is 53.4 Å². The van der Waals surface area contributed by atoms with Gasteiger partial charge in [-0.3, -0.25) is 15.0 Å². The van der Waals surface area contributed by atoms with Crippen LogP contribution in [0.4, 0.5) is 4.79 Å². The summed E-state index contributed by atoms with van der Waals surface area (Å²) in [4.78, 5) is 24.5. The van der Waals surface area contributed by atoms with Crippen molar-refractivity contribution in [2.24, 2.45) is 0 Å². The second-order valence-electron chi connectivity index (χ2n) is 9.71. The van der Waals surface area contributed by atoms with Crippen LogP contribution in [-0.4, -0.2) is 83.1 Å². The van der Waals surface area contributed by atoms with Gasteiger partial charge < -0.3 is 24.4 Å². The third-order valence-corrected chi connectivity index (χ3v) is 6.59. The van der Waals surface area contributed by atoms with E-state index in [0.29, 0.717) is 12.7 Å². The summed E-state index contributed by atoms with van der Waals surface area (Å²) >= 11 is 0. The number of epoxide rings is 1. The van der Waals surface area contributed by atoms with Crippen molar-refractivity contribution in [1.82, 2.24) is 10.2 Å². The molecule has 0 radical (unpaired) electrons. The number of rotatable bonds is 11. The van der Waals surface area contributed by atoms with Crippen molar-refractivity contribution >= 4 is 11.9 Å². The first-order valence-electron chi connectivity index (χ1n) is 11.8. The van der Waals surface area contributed by atoms with Crippen molar-refractivity contribution in [3.05, 3.63) is 23.3 Å². The summed E-state index contributed by atoms with van der Waals surface area (Å²) in [6, 6.07) is -0.629. The second kappa shape index (κ2) is 11.1. The summed E-state index contributed by atoms with van der Waals surface area (Å²) in [5.41, 5.74) is 2.54. The highest BCUT2D eigenvalue weighted by molar-refractivity contribution is 5.96. The van der Waals surface area contributed by atoms with Crippen LogP contribution in [0, 0.1) is 0 Å². The zero-order valence-electron chi connectivity index (χ0n) is 20.1. The number of allylic oxidation sites excluding steroid dienone is 3. The van der Waals surface area contributed by atoms with E-state index in [2.05, 4.69) is 39.1 Å². The number of carbonyl (C=O) groups is 2. The maximum absolute atomic E-state index is 12.0. The smallest absolute Gasteiger partial charge is 0.326 e. The molecule has 3 amide bonds. The van der Waals surface area contributed by atoms with Gasteiger partial charge in [0, 0.05) is 13.0 Å². The molecule has 3 rings (SSSR count). The van der Waals surface area contributed by atoms with Gasteiger partial charge >= 0.3 is 6.03 Å². The molecule has 0 aromatic rings. The summed E-state index contributed by atoms with van der Waals surface area (Å²) in [7, 11) is 0. The van der Waals surface area contributed by atoms with E-state index in [1.54, 1.807) is 0 Å². The number of nitrogens with one attached hydrogen (secondary N) is 1. The van der Waals surface area contributed by atoms with Gasteiger partial charge in [0.25, 0.3) is 0 Å². The number of amides is 3. The van der Waals surface area contributed by atoms with E-state index in [9.17, 15) is 19.8 Å². The maximum Gasteiger partial charge on any atom is 0.326 e. The fourth-order valence-electron chi connectivity index (χ4n) is 4.31. The number of hydrogen-bond acceptors (Lipinski definition) is 7. The topological polar surface area (TPSA) is 121 Å². The molecule has 0 aromatic carbocycles. The molecule has 0 aromatic heterocycles. The average molecular weight is 467 g/mol. The Kier molecular flexibility index (Phi) is 8.69. The summed E-state index contributed by atoms with van der Waals surface area (Å²) in [6.07, 6.45) is 4.46. The Bertz CT molecular complexity index is 779. The van der Waals surface area contributed by atoms with Crippen LogP contribution in [0.25, 0.3) is 0 Å². The molecule has 0 unspecified atom stereocenters. The molecule has 6 atom stereocenters. The van der Waals surface area contributed by atoms with E-state index >= 15 is 0 Å². The lowest BCUT2D eigenvalue weighted by atomic mass is 9.96. The van der Waals surface area contributed by atoms with Gasteiger partial charge in [0.1, 0.15) is 18.3 Å². The first-order chi connectivity index (χ1) is 15.6. The number of urea groups is 1. The number of aliphatic hydroxyl groups is 2. The normalized spacial score (nSPS) is 34.4. The van der Waals surface area contributed by atoms with Crippen LogP contribution < -0.4 is 5.32 Å². The van der Waals surface area contributed by atoms with Gasteiger partial charge in [0.05, 0.1) is 24.9 Å². The molecule has 0 saturated carbocycles. The molecule has 3 heterocycles. The highest BCUT2D eigenvalue weighted by Crippen LogP contribution is 2.43. The van der Waals surface area contributed by atoms with E-state index in [4.69, 9.17) is 14.2 Å². The van der Waals surface area contributed by atoms with Gasteiger partial charge in [-0.15, -0.1) is 0 Å². The van der Waals surface area contributed by atoms with E-state index in [1.165, 1.54) is 16.0 Å². The molecule has 3 aliphatic rings. The lowest BCUT2D eigenvalue weighted by Gasteiger charge is -2.32. The van der Waals surface area contributed by atoms with Crippen molar-refractivity contribution in [3.8, 4) is 0 Å². The predicted molar refractivity (Wildman–Crippen MR) is 121 cm³/mol. The van der Waals surface area contributed by atoms with Crippen molar-refractivity contribution in [2.45, 2.75) is 96.0 Å². The Hall–Kier alpha value is -1.78. The Labute approximate surface area is 195 Å². The van der Waals surface area contributed by atoms with Gasteiger partial charge in [0.15, 0.2) is 6.23 Å². The van der Waals surface area contributed by atoms with Crippen LogP contribution in [0.1, 0.15) is 59.8 Å². The third-order valence-electron chi connectivity index (χ3n) is 6.59. The molecule has 3 aliphatic heterocycles. The number of imide groups is 1. The molecule has 0 spiro atoms. The van der Waals surface area contributed by atoms with Crippen molar-refractivity contribution in [3.63, 3.8) is 0 Å². The first kappa shape index (κ1) is 25.8. The van der Waals surface area contributed by atoms with E-state index in [-0.39, 0.29) is 31.1 Å². The molecule has 3 saturated heterocycles. The minimum Gasteiger partial charge on any atom is -0.387 e. The fraction of sp³-hybridized carbons (Fsp3) is 0.750. The largest absolute Gasteiger partial charge is 0.387 e. The number of carbonyl (C=O) groups excluding carboxylic acids is 2. The van der Waals surface area contributed by atoms with Crippen LogP contribution in [-0.2, 0) is 19.0 Å². The van der Waals surface area contributed by atoms with Gasteiger partial charge in [-0.2, -0.15) is 0 Å². The van der Waals surface area contributed by atoms with Gasteiger partial charge in [-0.1, -0.05) is 23.3 Å². The van der Waals surface area contributed by atoms with Crippen molar-refractivity contribution < 1.29 is 34.0 Å². The Morgan fingerprint density at radius 3 is 2.70 bits per heavy atom. The molecular weight excluding hydrogens is 428 g/mol. The fourth-order valence-corrected chi connectivity index (χ4v) is 4.31. The van der Waals surface area contributed by atoms with Crippen LogP contribution >= 0.6 is 0 Å². The molecule has 9 nitrogen and oxygen atoms in total. The summed E-state index contributed by atoms with van der Waals surface area (Å²) in [5.74, 6) is -0.368. The van der Waals surface area contributed by atoms with E-state index in [1.807, 2.05) is 6.08 Å². The summed E-state index contributed by atoms with van der Waals surface area (Å²) in [6.45, 7) is 9.04. The summed E-state index contributed by atoms with van der Waals surface area (Å²) < 4.78 is 17.2. The average Bonchev–Trinajstić information content (AvgIpc) is 3.31. The molecular formula is C24H38N2O7. The standard InChI is InChI=1S/C24H38N2O7/c1-15(2)6-5-11-24(4)18(33-24)8-7-16(3)10-13-31-14-17-20(28)21(29)22(32-17)26-12-9-19(27)25-23(26)30/h6,10,17-18,20-22,28-29H,5,7-9,11-14H2,1-4H3,(H,25,27,30)/b16-10+/t17-,18-,20-,21-,22-,24-/m1/s1. The maximum atomic E-state index is 12.0. The molecule has 3 N–H and O–H groups in total. The Morgan fingerprint density at radius 1 is 1.24 bits per heavy atom. The predicted octanol–water partition coefficient (Wildman–Crippen LogP) is 2.02. The minimum absolute atomic E-state index is 0.00535.